The summed E-state index contributed by atoms with van der Waals surface area (Å²) in [5, 5.41) is 9.55. The zero-order valence-corrected chi connectivity index (χ0v) is 12.3. The van der Waals surface area contributed by atoms with E-state index < -0.39 is 0 Å². The van der Waals surface area contributed by atoms with Gasteiger partial charge in [0, 0.05) is 0 Å². The third-order valence-corrected chi connectivity index (χ3v) is 5.56. The van der Waals surface area contributed by atoms with Gasteiger partial charge in [0.25, 0.3) is 0 Å². The van der Waals surface area contributed by atoms with Gasteiger partial charge in [0.05, 0.1) is 11.5 Å². The Morgan fingerprint density at radius 3 is 2.61 bits per heavy atom. The van der Waals surface area contributed by atoms with Gasteiger partial charge in [-0.3, -0.25) is 0 Å². The van der Waals surface area contributed by atoms with Crippen LogP contribution in [0.3, 0.4) is 0 Å². The van der Waals surface area contributed by atoms with E-state index in [1.54, 1.807) is 0 Å². The summed E-state index contributed by atoms with van der Waals surface area (Å²) in [5.41, 5.74) is 0.0491. The van der Waals surface area contributed by atoms with Gasteiger partial charge in [0.2, 0.25) is 0 Å². The SMILES string of the molecule is CCCC1CCC2CC(C#N)(CCC)CCC2C1. The number of hydrogen-bond acceptors (Lipinski definition) is 1. The second-order valence-electron chi connectivity index (χ2n) is 6.87. The lowest BCUT2D eigenvalue weighted by Gasteiger charge is -2.45. The van der Waals surface area contributed by atoms with Gasteiger partial charge >= 0.3 is 0 Å². The molecule has 0 aromatic rings. The van der Waals surface area contributed by atoms with E-state index in [0.29, 0.717) is 0 Å². The van der Waals surface area contributed by atoms with Crippen molar-refractivity contribution in [2.24, 2.45) is 23.2 Å². The maximum absolute atomic E-state index is 9.55. The van der Waals surface area contributed by atoms with Crippen LogP contribution in [0.1, 0.15) is 78.1 Å². The van der Waals surface area contributed by atoms with Crippen molar-refractivity contribution >= 4 is 0 Å². The number of rotatable bonds is 4. The minimum absolute atomic E-state index is 0.0491. The van der Waals surface area contributed by atoms with Gasteiger partial charge in [0.1, 0.15) is 0 Å². The number of fused-ring (bicyclic) bond motifs is 1. The maximum Gasteiger partial charge on any atom is 0.0689 e. The van der Waals surface area contributed by atoms with E-state index in [2.05, 4.69) is 19.9 Å². The fraction of sp³-hybridized carbons (Fsp3) is 0.941. The van der Waals surface area contributed by atoms with Crippen molar-refractivity contribution in [2.75, 3.05) is 0 Å². The predicted octanol–water partition coefficient (Wildman–Crippen LogP) is 5.31. The van der Waals surface area contributed by atoms with Crippen LogP contribution in [0.25, 0.3) is 0 Å². The smallest absolute Gasteiger partial charge is 0.0689 e. The van der Waals surface area contributed by atoms with Crippen molar-refractivity contribution in [3.63, 3.8) is 0 Å². The summed E-state index contributed by atoms with van der Waals surface area (Å²) in [6.45, 7) is 4.54. The molecule has 1 nitrogen and oxygen atoms in total. The molecule has 4 unspecified atom stereocenters. The average Bonchev–Trinajstić information content (AvgIpc) is 2.40. The highest BCUT2D eigenvalue weighted by Gasteiger charge is 2.42. The van der Waals surface area contributed by atoms with Gasteiger partial charge in [-0.15, -0.1) is 0 Å². The topological polar surface area (TPSA) is 23.8 Å². The summed E-state index contributed by atoms with van der Waals surface area (Å²) in [6.07, 6.45) is 13.1. The van der Waals surface area contributed by atoms with E-state index in [-0.39, 0.29) is 5.41 Å². The van der Waals surface area contributed by atoms with Gasteiger partial charge in [-0.1, -0.05) is 39.5 Å². The minimum Gasteiger partial charge on any atom is -0.198 e. The van der Waals surface area contributed by atoms with Crippen LogP contribution in [0, 0.1) is 34.5 Å². The van der Waals surface area contributed by atoms with E-state index in [4.69, 9.17) is 0 Å². The summed E-state index contributed by atoms with van der Waals surface area (Å²) in [4.78, 5) is 0. The first-order chi connectivity index (χ1) is 8.73. The second kappa shape index (κ2) is 6.09. The molecule has 1 heteroatoms. The zero-order chi connectivity index (χ0) is 13.0. The van der Waals surface area contributed by atoms with Crippen LogP contribution >= 0.6 is 0 Å². The van der Waals surface area contributed by atoms with E-state index in [9.17, 15) is 5.26 Å². The first-order valence-electron chi connectivity index (χ1n) is 8.14. The Morgan fingerprint density at radius 1 is 1.11 bits per heavy atom. The van der Waals surface area contributed by atoms with Gasteiger partial charge in [0.15, 0.2) is 0 Å². The summed E-state index contributed by atoms with van der Waals surface area (Å²) in [6, 6.07) is 2.69. The standard InChI is InChI=1S/C17H29N/c1-3-5-14-6-7-16-12-17(13-18,9-4-2)10-8-15(16)11-14/h14-16H,3-12H2,1-2H3. The van der Waals surface area contributed by atoms with Gasteiger partial charge in [-0.25, -0.2) is 0 Å². The molecule has 18 heavy (non-hydrogen) atoms. The second-order valence-corrected chi connectivity index (χ2v) is 6.87. The molecule has 0 aromatic carbocycles. The summed E-state index contributed by atoms with van der Waals surface area (Å²) < 4.78 is 0. The quantitative estimate of drug-likeness (QED) is 0.660. The van der Waals surface area contributed by atoms with E-state index in [1.807, 2.05) is 0 Å². The van der Waals surface area contributed by atoms with Crippen LogP contribution < -0.4 is 0 Å². The molecule has 0 radical (unpaired) electrons. The van der Waals surface area contributed by atoms with Crippen LogP contribution in [0.5, 0.6) is 0 Å². The third kappa shape index (κ3) is 2.90. The molecule has 0 N–H and O–H groups in total. The molecule has 2 fully saturated rings. The van der Waals surface area contributed by atoms with Crippen LogP contribution in [0.15, 0.2) is 0 Å². The van der Waals surface area contributed by atoms with E-state index >= 15 is 0 Å². The molecule has 2 aliphatic carbocycles. The van der Waals surface area contributed by atoms with Crippen molar-refractivity contribution in [1.82, 2.24) is 0 Å². The van der Waals surface area contributed by atoms with Crippen LogP contribution in [0.4, 0.5) is 0 Å². The maximum atomic E-state index is 9.55. The van der Waals surface area contributed by atoms with Crippen molar-refractivity contribution < 1.29 is 0 Å². The molecule has 0 aromatic heterocycles. The van der Waals surface area contributed by atoms with Crippen molar-refractivity contribution in [3.8, 4) is 6.07 Å². The van der Waals surface area contributed by atoms with Crippen LogP contribution in [-0.4, -0.2) is 0 Å². The normalized spacial score (nSPS) is 39.9. The predicted molar refractivity (Wildman–Crippen MR) is 76.0 cm³/mol. The van der Waals surface area contributed by atoms with Crippen molar-refractivity contribution in [2.45, 2.75) is 78.1 Å². The Balaban J connectivity index is 1.95. The molecule has 0 aliphatic heterocycles. The van der Waals surface area contributed by atoms with Gasteiger partial charge < -0.3 is 0 Å². The molecular formula is C17H29N. The third-order valence-electron chi connectivity index (χ3n) is 5.56. The highest BCUT2D eigenvalue weighted by Crippen LogP contribution is 2.51. The molecule has 2 saturated carbocycles. The van der Waals surface area contributed by atoms with Crippen LogP contribution in [-0.2, 0) is 0 Å². The molecule has 0 saturated heterocycles. The average molecular weight is 247 g/mol. The van der Waals surface area contributed by atoms with Crippen LogP contribution in [0.2, 0.25) is 0 Å². The lowest BCUT2D eigenvalue weighted by atomic mass is 9.58. The molecule has 0 heterocycles. The fourth-order valence-corrected chi connectivity index (χ4v) is 4.65. The van der Waals surface area contributed by atoms with Gasteiger partial charge in [-0.05, 0) is 56.3 Å². The van der Waals surface area contributed by atoms with Gasteiger partial charge in [-0.2, -0.15) is 5.26 Å². The lowest BCUT2D eigenvalue weighted by molar-refractivity contribution is 0.0629. The minimum atomic E-state index is 0.0491. The molecule has 2 rings (SSSR count). The fourth-order valence-electron chi connectivity index (χ4n) is 4.65. The molecule has 0 spiro atoms. The Kier molecular flexibility index (Phi) is 4.71. The molecule has 0 bridgehead atoms. The van der Waals surface area contributed by atoms with Crippen molar-refractivity contribution in [1.29, 1.82) is 5.26 Å². The summed E-state index contributed by atoms with van der Waals surface area (Å²) in [7, 11) is 0. The number of nitrogens with zero attached hydrogens (tertiary/aromatic N) is 1. The lowest BCUT2D eigenvalue weighted by Crippen LogP contribution is -2.36. The molecule has 4 atom stereocenters. The van der Waals surface area contributed by atoms with Crippen molar-refractivity contribution in [3.05, 3.63) is 0 Å². The molecular weight excluding hydrogens is 218 g/mol. The highest BCUT2D eigenvalue weighted by atomic mass is 14.5. The molecule has 0 amide bonds. The Morgan fingerprint density at radius 2 is 1.94 bits per heavy atom. The Bertz CT molecular complexity index is 303. The summed E-state index contributed by atoms with van der Waals surface area (Å²) >= 11 is 0. The first kappa shape index (κ1) is 13.9. The monoisotopic (exact) mass is 247 g/mol. The number of hydrogen-bond donors (Lipinski definition) is 0. The first-order valence-corrected chi connectivity index (χ1v) is 8.14. The van der Waals surface area contributed by atoms with E-state index in [1.165, 1.54) is 57.8 Å². The molecule has 2 aliphatic rings. The largest absolute Gasteiger partial charge is 0.198 e. The Hall–Kier alpha value is -0.510. The highest BCUT2D eigenvalue weighted by molar-refractivity contribution is 5.04. The molecule has 102 valence electrons. The Labute approximate surface area is 113 Å². The number of nitriles is 1. The zero-order valence-electron chi connectivity index (χ0n) is 12.3. The summed E-state index contributed by atoms with van der Waals surface area (Å²) in [5.74, 6) is 2.82. The van der Waals surface area contributed by atoms with E-state index in [0.717, 1.165) is 24.2 Å².